The second kappa shape index (κ2) is 5.34. The average molecular weight is 303 g/mol. The Morgan fingerprint density at radius 1 is 1.29 bits per heavy atom. The van der Waals surface area contributed by atoms with Crippen LogP contribution in [0.25, 0.3) is 10.2 Å². The topological polar surface area (TPSA) is 28.2 Å². The minimum atomic E-state index is 0.172. The van der Waals surface area contributed by atoms with Crippen LogP contribution in [-0.4, -0.2) is 34.1 Å². The number of piperazine rings is 1. The van der Waals surface area contributed by atoms with Crippen molar-refractivity contribution >= 4 is 21.6 Å². The van der Waals surface area contributed by atoms with Gasteiger partial charge in [0, 0.05) is 24.2 Å². The third-order valence-corrected chi connectivity index (χ3v) is 5.74. The van der Waals surface area contributed by atoms with Gasteiger partial charge in [-0.2, -0.15) is 0 Å². The smallest absolute Gasteiger partial charge is 0.108 e. The molecule has 1 aliphatic heterocycles. The van der Waals surface area contributed by atoms with Crippen LogP contribution in [0.15, 0.2) is 24.3 Å². The maximum absolute atomic E-state index is 4.81. The molecule has 3 nitrogen and oxygen atoms in total. The molecule has 21 heavy (non-hydrogen) atoms. The van der Waals surface area contributed by atoms with E-state index in [-0.39, 0.29) is 11.1 Å². The number of hydrogen-bond acceptors (Lipinski definition) is 4. The van der Waals surface area contributed by atoms with Crippen molar-refractivity contribution in [2.75, 3.05) is 13.1 Å². The van der Waals surface area contributed by atoms with Gasteiger partial charge < -0.3 is 5.32 Å². The van der Waals surface area contributed by atoms with Crippen molar-refractivity contribution in [1.82, 2.24) is 15.2 Å². The maximum atomic E-state index is 4.81. The van der Waals surface area contributed by atoms with Gasteiger partial charge in [-0.3, -0.25) is 4.90 Å². The van der Waals surface area contributed by atoms with Crippen molar-refractivity contribution in [2.24, 2.45) is 0 Å². The highest BCUT2D eigenvalue weighted by Gasteiger charge is 2.39. The number of nitrogens with zero attached hydrogens (tertiary/aromatic N) is 2. The molecular formula is C17H25N3S. The van der Waals surface area contributed by atoms with E-state index in [1.54, 1.807) is 0 Å². The summed E-state index contributed by atoms with van der Waals surface area (Å²) in [6.07, 6.45) is 1.15. The molecule has 0 amide bonds. The summed E-state index contributed by atoms with van der Waals surface area (Å²) in [5.41, 5.74) is 1.52. The molecule has 4 heteroatoms. The minimum absolute atomic E-state index is 0.172. The monoisotopic (exact) mass is 303 g/mol. The average Bonchev–Trinajstić information content (AvgIpc) is 2.85. The third kappa shape index (κ3) is 2.98. The quantitative estimate of drug-likeness (QED) is 0.938. The second-order valence-electron chi connectivity index (χ2n) is 7.02. The predicted molar refractivity (Wildman–Crippen MR) is 90.8 cm³/mol. The highest BCUT2D eigenvalue weighted by molar-refractivity contribution is 7.18. The summed E-state index contributed by atoms with van der Waals surface area (Å²) in [5.74, 6) is 0. The lowest BCUT2D eigenvalue weighted by Crippen LogP contribution is -2.66. The van der Waals surface area contributed by atoms with Crippen LogP contribution in [0.3, 0.4) is 0 Å². The predicted octanol–water partition coefficient (Wildman–Crippen LogP) is 3.65. The van der Waals surface area contributed by atoms with Crippen LogP contribution >= 0.6 is 11.3 Å². The summed E-state index contributed by atoms with van der Waals surface area (Å²) in [6.45, 7) is 12.3. The van der Waals surface area contributed by atoms with E-state index >= 15 is 0 Å². The molecule has 1 saturated heterocycles. The molecule has 2 aromatic rings. The van der Waals surface area contributed by atoms with Crippen LogP contribution in [-0.2, 0) is 6.54 Å². The van der Waals surface area contributed by atoms with Crippen LogP contribution in [0, 0.1) is 0 Å². The fourth-order valence-corrected chi connectivity index (χ4v) is 3.99. The van der Waals surface area contributed by atoms with Crippen molar-refractivity contribution < 1.29 is 0 Å². The fourth-order valence-electron chi connectivity index (χ4n) is 3.01. The zero-order valence-corrected chi connectivity index (χ0v) is 14.3. The first-order valence-corrected chi connectivity index (χ1v) is 8.58. The maximum Gasteiger partial charge on any atom is 0.108 e. The van der Waals surface area contributed by atoms with E-state index in [9.17, 15) is 0 Å². The third-order valence-electron chi connectivity index (χ3n) is 4.72. The Morgan fingerprint density at radius 3 is 2.76 bits per heavy atom. The van der Waals surface area contributed by atoms with Crippen molar-refractivity contribution in [3.8, 4) is 0 Å². The molecule has 1 aromatic carbocycles. The Morgan fingerprint density at radius 2 is 2.05 bits per heavy atom. The molecule has 2 heterocycles. The molecule has 0 spiro atoms. The molecule has 0 aliphatic carbocycles. The Labute approximate surface area is 131 Å². The largest absolute Gasteiger partial charge is 0.309 e. The molecule has 0 radical (unpaired) electrons. The molecule has 1 aliphatic rings. The van der Waals surface area contributed by atoms with Crippen molar-refractivity contribution in [3.05, 3.63) is 29.3 Å². The van der Waals surface area contributed by atoms with Crippen LogP contribution in [0.2, 0.25) is 0 Å². The van der Waals surface area contributed by atoms with Gasteiger partial charge in [0.05, 0.1) is 16.8 Å². The van der Waals surface area contributed by atoms with Crippen LogP contribution < -0.4 is 5.32 Å². The van der Waals surface area contributed by atoms with E-state index in [0.29, 0.717) is 0 Å². The lowest BCUT2D eigenvalue weighted by molar-refractivity contribution is 0.0175. The van der Waals surface area contributed by atoms with E-state index in [1.807, 2.05) is 11.3 Å². The zero-order valence-electron chi connectivity index (χ0n) is 13.4. The molecule has 1 unspecified atom stereocenters. The van der Waals surface area contributed by atoms with Gasteiger partial charge >= 0.3 is 0 Å². The molecule has 114 valence electrons. The number of thiazole rings is 1. The second-order valence-corrected chi connectivity index (χ2v) is 8.13. The first kappa shape index (κ1) is 14.9. The number of fused-ring (bicyclic) bond motifs is 1. The summed E-state index contributed by atoms with van der Waals surface area (Å²) in [5, 5.41) is 4.91. The van der Waals surface area contributed by atoms with Gasteiger partial charge in [-0.25, -0.2) is 4.98 Å². The summed E-state index contributed by atoms with van der Waals surface area (Å²) >= 11 is 1.83. The van der Waals surface area contributed by atoms with Crippen molar-refractivity contribution in [2.45, 2.75) is 51.7 Å². The van der Waals surface area contributed by atoms with E-state index in [2.05, 4.69) is 62.2 Å². The van der Waals surface area contributed by atoms with Crippen LogP contribution in [0.1, 0.15) is 39.1 Å². The molecule has 0 saturated carbocycles. The van der Waals surface area contributed by atoms with Crippen LogP contribution in [0.5, 0.6) is 0 Å². The first-order chi connectivity index (χ1) is 9.92. The Hall–Kier alpha value is -0.970. The molecule has 1 atom stereocenters. The van der Waals surface area contributed by atoms with Gasteiger partial charge in [-0.05, 0) is 39.3 Å². The van der Waals surface area contributed by atoms with Crippen LogP contribution in [0.4, 0.5) is 0 Å². The summed E-state index contributed by atoms with van der Waals surface area (Å²) < 4.78 is 1.29. The van der Waals surface area contributed by atoms with E-state index in [0.717, 1.165) is 31.6 Å². The molecule has 3 rings (SSSR count). The summed E-state index contributed by atoms with van der Waals surface area (Å²) in [6, 6.07) is 8.43. The number of aromatic nitrogens is 1. The van der Waals surface area contributed by atoms with E-state index < -0.39 is 0 Å². The van der Waals surface area contributed by atoms with E-state index in [4.69, 9.17) is 4.98 Å². The fraction of sp³-hybridized carbons (Fsp3) is 0.588. The minimum Gasteiger partial charge on any atom is -0.309 e. The van der Waals surface area contributed by atoms with Gasteiger partial charge in [0.15, 0.2) is 0 Å². The normalized spacial score (nSPS) is 26.3. The molecule has 1 fully saturated rings. The molecule has 1 aromatic heterocycles. The molecule has 1 N–H and O–H groups in total. The lowest BCUT2D eigenvalue weighted by Gasteiger charge is -2.50. The molecule has 0 bridgehead atoms. The first-order valence-electron chi connectivity index (χ1n) is 7.76. The van der Waals surface area contributed by atoms with Crippen molar-refractivity contribution in [1.29, 1.82) is 0 Å². The SMILES string of the molecule is CCC1(C)CNC(C)(C)CN1Cc1nc2ccccc2s1. The number of para-hydroxylation sites is 1. The van der Waals surface area contributed by atoms with E-state index in [1.165, 1.54) is 9.71 Å². The molecular weight excluding hydrogens is 278 g/mol. The highest BCUT2D eigenvalue weighted by Crippen LogP contribution is 2.30. The Bertz CT molecular complexity index is 601. The van der Waals surface area contributed by atoms with Gasteiger partial charge in [-0.15, -0.1) is 11.3 Å². The van der Waals surface area contributed by atoms with Gasteiger partial charge in [0.1, 0.15) is 5.01 Å². The number of rotatable bonds is 3. The number of hydrogen-bond donors (Lipinski definition) is 1. The highest BCUT2D eigenvalue weighted by atomic mass is 32.1. The van der Waals surface area contributed by atoms with Gasteiger partial charge in [-0.1, -0.05) is 19.1 Å². The lowest BCUT2D eigenvalue weighted by atomic mass is 9.88. The number of benzene rings is 1. The Balaban J connectivity index is 1.86. The van der Waals surface area contributed by atoms with Gasteiger partial charge in [0.2, 0.25) is 0 Å². The van der Waals surface area contributed by atoms with Gasteiger partial charge in [0.25, 0.3) is 0 Å². The number of nitrogens with one attached hydrogen (secondary N) is 1. The zero-order chi connectivity index (χ0) is 15.1. The standard InChI is InChI=1S/C17H25N3S/c1-5-17(4)11-18-16(2,3)12-20(17)10-15-19-13-8-6-7-9-14(13)21-15/h6-9,18H,5,10-12H2,1-4H3. The summed E-state index contributed by atoms with van der Waals surface area (Å²) in [7, 11) is 0. The Kier molecular flexibility index (Phi) is 3.80. The summed E-state index contributed by atoms with van der Waals surface area (Å²) in [4.78, 5) is 7.42. The van der Waals surface area contributed by atoms with Crippen molar-refractivity contribution in [3.63, 3.8) is 0 Å².